The monoisotopic (exact) mass is 734 g/mol. The Morgan fingerprint density at radius 3 is 2.09 bits per heavy atom. The number of carbonyl (C=O) groups is 3. The van der Waals surface area contributed by atoms with Gasteiger partial charge in [0, 0.05) is 42.0 Å². The number of nitrogens with zero attached hydrogens (tertiary/aromatic N) is 4. The number of carboxylic acid groups (broad SMARTS) is 1. The van der Waals surface area contributed by atoms with Crippen LogP contribution >= 0.6 is 0 Å². The van der Waals surface area contributed by atoms with Crippen LogP contribution in [0, 0.1) is 0 Å². The molecule has 1 atom stereocenters. The highest BCUT2D eigenvalue weighted by Crippen LogP contribution is 2.37. The summed E-state index contributed by atoms with van der Waals surface area (Å²) in [4.78, 5) is 49.2. The zero-order chi connectivity index (χ0) is 38.4. The molecule has 53 heavy (non-hydrogen) atoms. The van der Waals surface area contributed by atoms with Gasteiger partial charge in [-0.05, 0) is 64.8 Å². The number of rotatable bonds is 13. The molecule has 5 rings (SSSR count). The van der Waals surface area contributed by atoms with Crippen LogP contribution in [-0.2, 0) is 14.3 Å². The first kappa shape index (κ1) is 38.6. The molecule has 3 amide bonds. The highest BCUT2D eigenvalue weighted by atomic mass is 16.5. The van der Waals surface area contributed by atoms with Crippen LogP contribution in [0.4, 0.5) is 16.2 Å². The third kappa shape index (κ3) is 8.88. The minimum atomic E-state index is -1.48. The maximum atomic E-state index is 13.9. The van der Waals surface area contributed by atoms with Crippen molar-refractivity contribution in [2.45, 2.75) is 63.9 Å². The number of amides is 3. The second-order valence-corrected chi connectivity index (χ2v) is 13.8. The average Bonchev–Trinajstić information content (AvgIpc) is 3.87. The number of hydrazine groups is 1. The smallest absolute Gasteiger partial charge is 0.426 e. The van der Waals surface area contributed by atoms with Crippen LogP contribution in [0.1, 0.15) is 47.0 Å². The van der Waals surface area contributed by atoms with E-state index in [0.717, 1.165) is 12.8 Å². The average molecular weight is 735 g/mol. The van der Waals surface area contributed by atoms with Crippen molar-refractivity contribution in [2.24, 2.45) is 5.73 Å². The molecule has 1 aliphatic rings. The number of hydrogen-bond acceptors (Lipinski definition) is 13. The molecule has 1 saturated heterocycles. The largest absolute Gasteiger partial charge is 0.496 e. The van der Waals surface area contributed by atoms with E-state index in [1.165, 1.54) is 31.0 Å². The lowest BCUT2D eigenvalue weighted by atomic mass is 10.00. The van der Waals surface area contributed by atoms with E-state index >= 15 is 0 Å². The lowest BCUT2D eigenvalue weighted by molar-refractivity contribution is -0.141. The van der Waals surface area contributed by atoms with Crippen LogP contribution in [-0.4, -0.2) is 88.8 Å². The van der Waals surface area contributed by atoms with Crippen molar-refractivity contribution in [1.82, 2.24) is 25.7 Å². The van der Waals surface area contributed by atoms with E-state index in [2.05, 4.69) is 26.0 Å². The fraction of sp³-hybridized carbons (Fsp3) is 0.417. The maximum absolute atomic E-state index is 13.9. The van der Waals surface area contributed by atoms with Gasteiger partial charge in [0.1, 0.15) is 11.5 Å². The number of oxazole rings is 2. The third-order valence-corrected chi connectivity index (χ3v) is 8.72. The molecule has 6 N–H and O–H groups in total. The van der Waals surface area contributed by atoms with E-state index in [9.17, 15) is 19.5 Å². The van der Waals surface area contributed by atoms with Crippen LogP contribution in [0.25, 0.3) is 22.6 Å². The van der Waals surface area contributed by atoms with E-state index in [-0.39, 0.29) is 18.8 Å². The number of ether oxygens (including phenoxy) is 3. The Hall–Kier alpha value is -5.65. The molecule has 1 unspecified atom stereocenters. The third-order valence-electron chi connectivity index (χ3n) is 8.72. The predicted octanol–water partition coefficient (Wildman–Crippen LogP) is 4.43. The van der Waals surface area contributed by atoms with Crippen molar-refractivity contribution in [3.8, 4) is 34.1 Å². The van der Waals surface area contributed by atoms with E-state index in [0.29, 0.717) is 57.9 Å². The van der Waals surface area contributed by atoms with Crippen molar-refractivity contribution >= 4 is 29.3 Å². The summed E-state index contributed by atoms with van der Waals surface area (Å²) < 4.78 is 28.3. The molecule has 2 aromatic carbocycles. The second kappa shape index (κ2) is 15.9. The van der Waals surface area contributed by atoms with E-state index in [4.69, 9.17) is 28.8 Å². The Morgan fingerprint density at radius 2 is 1.57 bits per heavy atom. The molecule has 0 bridgehead atoms. The number of carbonyl (C=O) groups excluding carboxylic acids is 2. The summed E-state index contributed by atoms with van der Waals surface area (Å²) >= 11 is 0. The quantitative estimate of drug-likeness (QED) is 0.0729. The summed E-state index contributed by atoms with van der Waals surface area (Å²) in [6.45, 7) is 7.03. The molecule has 17 heteroatoms. The summed E-state index contributed by atoms with van der Waals surface area (Å²) in [5.41, 5.74) is 8.49. The summed E-state index contributed by atoms with van der Waals surface area (Å²) in [6, 6.07) is 10.3. The fourth-order valence-corrected chi connectivity index (χ4v) is 6.19. The van der Waals surface area contributed by atoms with Gasteiger partial charge in [-0.15, -0.1) is 0 Å². The van der Waals surface area contributed by atoms with Gasteiger partial charge in [-0.1, -0.05) is 0 Å². The summed E-state index contributed by atoms with van der Waals surface area (Å²) in [7, 11) is 3.01. The number of nitrogens with two attached hydrogens (primary N) is 1. The van der Waals surface area contributed by atoms with Gasteiger partial charge >= 0.3 is 17.9 Å². The number of benzene rings is 2. The number of anilines is 2. The molecule has 17 nitrogen and oxygen atoms in total. The van der Waals surface area contributed by atoms with E-state index in [1.54, 1.807) is 65.3 Å². The lowest BCUT2D eigenvalue weighted by Crippen LogP contribution is -2.67. The zero-order valence-corrected chi connectivity index (χ0v) is 30.6. The molecule has 0 saturated carbocycles. The van der Waals surface area contributed by atoms with Crippen LogP contribution < -0.4 is 36.2 Å². The Kier molecular flexibility index (Phi) is 11.6. The summed E-state index contributed by atoms with van der Waals surface area (Å²) in [5, 5.41) is 17.8. The van der Waals surface area contributed by atoms with Gasteiger partial charge in [0.2, 0.25) is 0 Å². The Morgan fingerprint density at radius 1 is 0.943 bits per heavy atom. The lowest BCUT2D eigenvalue weighted by Gasteiger charge is -2.45. The second-order valence-electron chi connectivity index (χ2n) is 13.8. The predicted molar refractivity (Wildman–Crippen MR) is 194 cm³/mol. The van der Waals surface area contributed by atoms with Crippen molar-refractivity contribution in [1.29, 1.82) is 0 Å². The Labute approximate surface area is 306 Å². The molecule has 0 aliphatic carbocycles. The molecule has 284 valence electrons. The summed E-state index contributed by atoms with van der Waals surface area (Å²) in [5.74, 6) is -1.48. The van der Waals surface area contributed by atoms with E-state index < -0.39 is 34.8 Å². The first-order valence-electron chi connectivity index (χ1n) is 16.9. The van der Waals surface area contributed by atoms with Crippen molar-refractivity contribution in [3.63, 3.8) is 0 Å². The first-order chi connectivity index (χ1) is 25.2. The number of aromatic nitrogens is 2. The Balaban J connectivity index is 1.35. The molecule has 2 aromatic heterocycles. The van der Waals surface area contributed by atoms with Gasteiger partial charge in [-0.3, -0.25) is 25.2 Å². The first-order valence-corrected chi connectivity index (χ1v) is 16.9. The number of nitrogens with one attached hydrogen (secondary N) is 3. The van der Waals surface area contributed by atoms with Crippen molar-refractivity contribution < 1.29 is 42.5 Å². The molecule has 1 aliphatic heterocycles. The van der Waals surface area contributed by atoms with Gasteiger partial charge in [-0.2, -0.15) is 0 Å². The van der Waals surface area contributed by atoms with Crippen molar-refractivity contribution in [3.05, 3.63) is 61.6 Å². The highest BCUT2D eigenvalue weighted by molar-refractivity contribution is 6.40. The zero-order valence-electron chi connectivity index (χ0n) is 30.6. The minimum absolute atomic E-state index is 0.0263. The molecule has 4 aromatic rings. The van der Waals surface area contributed by atoms with Gasteiger partial charge in [0.15, 0.2) is 30.2 Å². The normalized spacial score (nSPS) is 16.1. The van der Waals surface area contributed by atoms with Crippen LogP contribution in [0.2, 0.25) is 0 Å². The minimum Gasteiger partial charge on any atom is -0.496 e. The number of methoxy groups -OCH3 is 2. The van der Waals surface area contributed by atoms with Crippen LogP contribution in [0.3, 0.4) is 0 Å². The van der Waals surface area contributed by atoms with Gasteiger partial charge in [0.25, 0.3) is 0 Å². The van der Waals surface area contributed by atoms with Crippen LogP contribution in [0.15, 0.2) is 70.4 Å². The number of hydrogen-bond donors (Lipinski definition) is 5. The summed E-state index contributed by atoms with van der Waals surface area (Å²) in [6.07, 6.45) is 6.42. The molecular formula is C36H46N8O9. The fourth-order valence-electron chi connectivity index (χ4n) is 6.19. The van der Waals surface area contributed by atoms with Crippen molar-refractivity contribution in [2.75, 3.05) is 44.1 Å². The molecule has 3 heterocycles. The van der Waals surface area contributed by atoms with Gasteiger partial charge in [0.05, 0.1) is 56.4 Å². The van der Waals surface area contributed by atoms with Gasteiger partial charge < -0.3 is 39.2 Å². The van der Waals surface area contributed by atoms with Crippen LogP contribution in [0.5, 0.6) is 11.5 Å². The molecule has 0 radical (unpaired) electrons. The molecular weight excluding hydrogens is 688 g/mol. The highest BCUT2D eigenvalue weighted by Gasteiger charge is 2.41. The van der Waals surface area contributed by atoms with E-state index in [1.807, 2.05) is 12.1 Å². The maximum Gasteiger partial charge on any atom is 0.426 e. The molecule has 0 spiro atoms. The topological polar surface area (TPSA) is 220 Å². The Bertz CT molecular complexity index is 1870. The van der Waals surface area contributed by atoms with Gasteiger partial charge in [-0.25, -0.2) is 19.8 Å². The SMILES string of the molecule is COc1cc(NC2(NC(C)(C)CN(NC(=O)C(=O)N(c3ccc(-c4cnco4)c(OC)c3)C(C)(C)CN)C(=O)O)CCCCO2)ccc1-c1cnco1. The molecule has 1 fully saturated rings. The standard InChI is InChI=1S/C36H46N8O9/c1-34(2,42-36(13-7-8-14-53-36)40-23-9-11-25(27(15-23)49-5)29-17-38-21-51-29)20-43(33(47)48)41-31(45)32(46)44(35(3,4)19-37)24-10-12-26(28(16-24)50-6)30-18-39-22-52-30/h9-12,15-18,21-22,40,42H,7-8,13-14,19-20,37H2,1-6H3,(H,41,45)(H,47,48).